The second-order valence-electron chi connectivity index (χ2n) is 3.94. The number of aromatic nitrogens is 4. The Kier molecular flexibility index (Phi) is 1.93. The third kappa shape index (κ3) is 1.28. The third-order valence-corrected chi connectivity index (χ3v) is 2.80. The highest BCUT2D eigenvalue weighted by Crippen LogP contribution is 2.21. The molecular formula is C9H11N5O2. The minimum Gasteiger partial charge on any atom is -0.396 e. The fraction of sp³-hybridized carbons (Fsp3) is 0.444. The highest BCUT2D eigenvalue weighted by molar-refractivity contribution is 5.46. The molecule has 0 spiro atoms. The summed E-state index contributed by atoms with van der Waals surface area (Å²) in [5, 5.41) is 19.2. The summed E-state index contributed by atoms with van der Waals surface area (Å²) in [6.07, 6.45) is 0. The fourth-order valence-electron chi connectivity index (χ4n) is 1.83. The maximum atomic E-state index is 11.3. The molecule has 16 heavy (non-hydrogen) atoms. The normalized spacial score (nSPS) is 16.7. The van der Waals surface area contributed by atoms with E-state index in [0.717, 1.165) is 18.9 Å². The molecule has 1 saturated heterocycles. The number of rotatable bonds is 2. The lowest BCUT2D eigenvalue weighted by Crippen LogP contribution is -2.49. The number of fused-ring (bicyclic) bond motifs is 1. The molecule has 0 atom stereocenters. The van der Waals surface area contributed by atoms with E-state index < -0.39 is 0 Å². The third-order valence-electron chi connectivity index (χ3n) is 2.80. The molecule has 0 unspecified atom stereocenters. The first-order valence-electron chi connectivity index (χ1n) is 5.08. The minimum absolute atomic E-state index is 0.199. The van der Waals surface area contributed by atoms with Crippen LogP contribution in [0.1, 0.15) is 0 Å². The van der Waals surface area contributed by atoms with Gasteiger partial charge < -0.3 is 10.0 Å². The largest absolute Gasteiger partial charge is 0.396 e. The van der Waals surface area contributed by atoms with Gasteiger partial charge in [-0.05, 0) is 12.1 Å². The van der Waals surface area contributed by atoms with Crippen molar-refractivity contribution in [1.29, 1.82) is 0 Å². The number of H-pyrrole nitrogens is 1. The molecule has 0 bridgehead atoms. The lowest BCUT2D eigenvalue weighted by molar-refractivity contribution is 0.200. The van der Waals surface area contributed by atoms with Crippen molar-refractivity contribution in [1.82, 2.24) is 19.8 Å². The minimum atomic E-state index is -0.337. The van der Waals surface area contributed by atoms with Crippen LogP contribution in [0.5, 0.6) is 0 Å². The van der Waals surface area contributed by atoms with Gasteiger partial charge in [0.15, 0.2) is 5.65 Å². The molecule has 2 N–H and O–H groups in total. The van der Waals surface area contributed by atoms with E-state index in [0.29, 0.717) is 11.6 Å². The van der Waals surface area contributed by atoms with E-state index in [1.807, 2.05) is 11.0 Å². The van der Waals surface area contributed by atoms with Crippen molar-refractivity contribution in [3.8, 4) is 0 Å². The Morgan fingerprint density at radius 3 is 3.06 bits per heavy atom. The Hall–Kier alpha value is -1.89. The van der Waals surface area contributed by atoms with E-state index >= 15 is 0 Å². The van der Waals surface area contributed by atoms with E-state index in [4.69, 9.17) is 5.11 Å². The summed E-state index contributed by atoms with van der Waals surface area (Å²) in [6.45, 7) is 1.76. The molecule has 1 aliphatic heterocycles. The summed E-state index contributed by atoms with van der Waals surface area (Å²) in [7, 11) is 0. The van der Waals surface area contributed by atoms with Crippen LogP contribution < -0.4 is 10.6 Å². The number of hydrogen-bond acceptors (Lipinski definition) is 5. The molecule has 3 heterocycles. The Balaban J connectivity index is 1.94. The molecule has 7 nitrogen and oxygen atoms in total. The number of aliphatic hydroxyl groups is 1. The number of hydrogen-bond donors (Lipinski definition) is 2. The molecule has 7 heteroatoms. The Bertz CT molecular complexity index is 569. The van der Waals surface area contributed by atoms with E-state index in [9.17, 15) is 4.79 Å². The number of aliphatic hydroxyl groups excluding tert-OH is 1. The van der Waals surface area contributed by atoms with Gasteiger partial charge in [0, 0.05) is 25.6 Å². The van der Waals surface area contributed by atoms with Gasteiger partial charge in [-0.25, -0.2) is 9.89 Å². The first kappa shape index (κ1) is 9.34. The van der Waals surface area contributed by atoms with Crippen LogP contribution in [0.4, 0.5) is 5.82 Å². The zero-order valence-electron chi connectivity index (χ0n) is 8.50. The topological polar surface area (TPSA) is 86.5 Å². The molecule has 2 aromatic rings. The van der Waals surface area contributed by atoms with E-state index in [1.54, 1.807) is 6.07 Å². The van der Waals surface area contributed by atoms with Gasteiger partial charge in [0.05, 0.1) is 0 Å². The van der Waals surface area contributed by atoms with Gasteiger partial charge in [0.1, 0.15) is 5.82 Å². The summed E-state index contributed by atoms with van der Waals surface area (Å²) < 4.78 is 1.24. The van der Waals surface area contributed by atoms with Gasteiger partial charge in [-0.3, -0.25) is 0 Å². The highest BCUT2D eigenvalue weighted by Gasteiger charge is 2.27. The van der Waals surface area contributed by atoms with Crippen LogP contribution in [0.25, 0.3) is 5.65 Å². The van der Waals surface area contributed by atoms with Crippen LogP contribution in [-0.2, 0) is 0 Å². The van der Waals surface area contributed by atoms with Crippen molar-refractivity contribution < 1.29 is 5.11 Å². The van der Waals surface area contributed by atoms with Crippen molar-refractivity contribution in [2.45, 2.75) is 0 Å². The van der Waals surface area contributed by atoms with Crippen molar-refractivity contribution in [3.63, 3.8) is 0 Å². The Labute approximate surface area is 90.3 Å². The molecule has 0 aliphatic carbocycles. The predicted octanol–water partition coefficient (Wildman–Crippen LogP) is -1.15. The van der Waals surface area contributed by atoms with Crippen LogP contribution >= 0.6 is 0 Å². The summed E-state index contributed by atoms with van der Waals surface area (Å²) >= 11 is 0. The van der Waals surface area contributed by atoms with Crippen LogP contribution in [0.15, 0.2) is 16.9 Å². The second-order valence-corrected chi connectivity index (χ2v) is 3.94. The molecule has 2 aromatic heterocycles. The molecule has 0 saturated carbocycles. The maximum Gasteiger partial charge on any atom is 0.364 e. The number of aromatic amines is 1. The Morgan fingerprint density at radius 2 is 2.31 bits per heavy atom. The summed E-state index contributed by atoms with van der Waals surface area (Å²) in [6, 6.07) is 3.57. The van der Waals surface area contributed by atoms with Crippen molar-refractivity contribution >= 4 is 11.5 Å². The van der Waals surface area contributed by atoms with Gasteiger partial charge in [0.2, 0.25) is 0 Å². The predicted molar refractivity (Wildman–Crippen MR) is 56.4 cm³/mol. The molecule has 0 amide bonds. The zero-order valence-corrected chi connectivity index (χ0v) is 8.50. The van der Waals surface area contributed by atoms with Crippen molar-refractivity contribution in [2.24, 2.45) is 5.92 Å². The van der Waals surface area contributed by atoms with Crippen LogP contribution in [-0.4, -0.2) is 44.6 Å². The average molecular weight is 221 g/mol. The zero-order chi connectivity index (χ0) is 11.1. The number of nitrogens with zero attached hydrogens (tertiary/aromatic N) is 4. The first-order chi connectivity index (χ1) is 7.78. The monoisotopic (exact) mass is 221 g/mol. The standard InChI is InChI=1S/C9H11N5O2/c15-5-6-3-13(4-6)8-2-1-7-10-11-9(16)14(7)12-8/h1-2,6,15H,3-5H2,(H,11,16). The molecular weight excluding hydrogens is 210 g/mol. The quantitative estimate of drug-likeness (QED) is 0.668. The summed E-state index contributed by atoms with van der Waals surface area (Å²) in [5.74, 6) is 1.05. The van der Waals surface area contributed by atoms with Gasteiger partial charge >= 0.3 is 5.69 Å². The highest BCUT2D eigenvalue weighted by atomic mass is 16.3. The molecule has 3 rings (SSSR count). The number of nitrogens with one attached hydrogen (secondary N) is 1. The van der Waals surface area contributed by atoms with Gasteiger partial charge in [-0.2, -0.15) is 9.61 Å². The van der Waals surface area contributed by atoms with Crippen LogP contribution in [0, 0.1) is 5.92 Å². The first-order valence-corrected chi connectivity index (χ1v) is 5.08. The fourth-order valence-corrected chi connectivity index (χ4v) is 1.83. The maximum absolute atomic E-state index is 11.3. The summed E-state index contributed by atoms with van der Waals surface area (Å²) in [5.41, 5.74) is 0.170. The molecule has 84 valence electrons. The van der Waals surface area contributed by atoms with E-state index in [-0.39, 0.29) is 12.3 Å². The number of anilines is 1. The smallest absolute Gasteiger partial charge is 0.364 e. The van der Waals surface area contributed by atoms with Gasteiger partial charge in [0.25, 0.3) is 0 Å². The van der Waals surface area contributed by atoms with E-state index in [2.05, 4.69) is 15.3 Å². The molecule has 1 fully saturated rings. The van der Waals surface area contributed by atoms with Crippen LogP contribution in [0.3, 0.4) is 0 Å². The van der Waals surface area contributed by atoms with Crippen molar-refractivity contribution in [3.05, 3.63) is 22.6 Å². The van der Waals surface area contributed by atoms with Gasteiger partial charge in [-0.15, -0.1) is 5.10 Å². The lowest BCUT2D eigenvalue weighted by Gasteiger charge is -2.38. The lowest BCUT2D eigenvalue weighted by atomic mass is 10.0. The molecule has 1 aliphatic rings. The molecule has 0 aromatic carbocycles. The Morgan fingerprint density at radius 1 is 1.50 bits per heavy atom. The summed E-state index contributed by atoms with van der Waals surface area (Å²) in [4.78, 5) is 13.3. The second kappa shape index (κ2) is 3.31. The average Bonchev–Trinajstić information content (AvgIpc) is 2.59. The van der Waals surface area contributed by atoms with Crippen molar-refractivity contribution in [2.75, 3.05) is 24.6 Å². The van der Waals surface area contributed by atoms with Gasteiger partial charge in [-0.1, -0.05) is 0 Å². The molecule has 0 radical (unpaired) electrons. The van der Waals surface area contributed by atoms with E-state index in [1.165, 1.54) is 4.52 Å². The SMILES string of the molecule is O=c1[nH]nc2ccc(N3CC(CO)C3)nn12. The van der Waals surface area contributed by atoms with Crippen LogP contribution in [0.2, 0.25) is 0 Å².